The predicted octanol–water partition coefficient (Wildman–Crippen LogP) is 4.42. The number of hydrogen-bond acceptors (Lipinski definition) is 2. The van der Waals surface area contributed by atoms with Crippen LogP contribution < -0.4 is 0 Å². The zero-order valence-corrected chi connectivity index (χ0v) is 12.0. The SMILES string of the molecule is CC.CC(=O)SCc1c(C)cc(C)cc1C. The van der Waals surface area contributed by atoms with E-state index in [1.165, 1.54) is 34.0 Å². The summed E-state index contributed by atoms with van der Waals surface area (Å²) in [6, 6.07) is 4.34. The highest BCUT2D eigenvalue weighted by Gasteiger charge is 2.05. The average molecular weight is 238 g/mol. The molecule has 0 atom stereocenters. The van der Waals surface area contributed by atoms with Gasteiger partial charge in [-0.15, -0.1) is 0 Å². The maximum Gasteiger partial charge on any atom is 0.186 e. The molecule has 0 aliphatic rings. The van der Waals surface area contributed by atoms with Gasteiger partial charge in [0, 0.05) is 12.7 Å². The van der Waals surface area contributed by atoms with Crippen molar-refractivity contribution in [2.45, 2.75) is 47.3 Å². The van der Waals surface area contributed by atoms with Gasteiger partial charge in [-0.05, 0) is 37.5 Å². The highest BCUT2D eigenvalue weighted by Crippen LogP contribution is 2.21. The topological polar surface area (TPSA) is 17.1 Å². The second-order valence-corrected chi connectivity index (χ2v) is 4.81. The minimum absolute atomic E-state index is 0.185. The van der Waals surface area contributed by atoms with Crippen LogP contribution in [-0.4, -0.2) is 5.12 Å². The van der Waals surface area contributed by atoms with E-state index in [1.807, 2.05) is 13.8 Å². The maximum atomic E-state index is 10.9. The van der Waals surface area contributed by atoms with Crippen LogP contribution in [0, 0.1) is 20.8 Å². The van der Waals surface area contributed by atoms with Crippen LogP contribution in [0.1, 0.15) is 43.0 Å². The lowest BCUT2D eigenvalue weighted by atomic mass is 10.0. The summed E-state index contributed by atoms with van der Waals surface area (Å²) in [5.74, 6) is 0.799. The van der Waals surface area contributed by atoms with Crippen LogP contribution >= 0.6 is 11.8 Å². The Morgan fingerprint density at radius 3 is 1.94 bits per heavy atom. The molecule has 16 heavy (non-hydrogen) atoms. The fourth-order valence-corrected chi connectivity index (χ4v) is 2.41. The zero-order valence-electron chi connectivity index (χ0n) is 11.2. The monoisotopic (exact) mass is 238 g/mol. The standard InChI is InChI=1S/C12H16OS.C2H6/c1-8-5-9(2)12(10(3)6-8)7-14-11(4)13;1-2/h5-6H,7H2,1-4H3;1-2H3. The smallest absolute Gasteiger partial charge is 0.186 e. The Balaban J connectivity index is 0.00000106. The van der Waals surface area contributed by atoms with Crippen molar-refractivity contribution < 1.29 is 4.79 Å². The van der Waals surface area contributed by atoms with Crippen molar-refractivity contribution in [3.63, 3.8) is 0 Å². The second kappa shape index (κ2) is 7.50. The molecule has 0 amide bonds. The summed E-state index contributed by atoms with van der Waals surface area (Å²) in [6.07, 6.45) is 0. The molecular weight excluding hydrogens is 216 g/mol. The first-order chi connectivity index (χ1) is 7.50. The molecule has 2 heteroatoms. The van der Waals surface area contributed by atoms with E-state index in [9.17, 15) is 4.79 Å². The number of carbonyl (C=O) groups excluding carboxylic acids is 1. The highest BCUT2D eigenvalue weighted by molar-refractivity contribution is 8.12. The molecule has 0 saturated heterocycles. The number of aryl methyl sites for hydroxylation is 3. The molecule has 0 saturated carbocycles. The van der Waals surface area contributed by atoms with Crippen LogP contribution in [0.5, 0.6) is 0 Å². The average Bonchev–Trinajstić information content (AvgIpc) is 2.18. The third kappa shape index (κ3) is 4.84. The molecule has 0 aliphatic heterocycles. The van der Waals surface area contributed by atoms with E-state index in [1.54, 1.807) is 6.92 Å². The predicted molar refractivity (Wildman–Crippen MR) is 74.0 cm³/mol. The first-order valence-corrected chi connectivity index (χ1v) is 6.69. The summed E-state index contributed by atoms with van der Waals surface area (Å²) < 4.78 is 0. The van der Waals surface area contributed by atoms with Gasteiger partial charge in [-0.3, -0.25) is 4.79 Å². The largest absolute Gasteiger partial charge is 0.288 e. The summed E-state index contributed by atoms with van der Waals surface area (Å²) in [5.41, 5.74) is 5.17. The van der Waals surface area contributed by atoms with Gasteiger partial charge in [0.1, 0.15) is 0 Å². The molecule has 1 rings (SSSR count). The number of hydrogen-bond donors (Lipinski definition) is 0. The fourth-order valence-electron chi connectivity index (χ4n) is 1.61. The van der Waals surface area contributed by atoms with Gasteiger partial charge in [0.15, 0.2) is 5.12 Å². The van der Waals surface area contributed by atoms with Crippen molar-refractivity contribution in [2.24, 2.45) is 0 Å². The van der Waals surface area contributed by atoms with Gasteiger partial charge in [-0.2, -0.15) is 0 Å². The van der Waals surface area contributed by atoms with Crippen molar-refractivity contribution in [3.8, 4) is 0 Å². The van der Waals surface area contributed by atoms with Crippen LogP contribution in [0.3, 0.4) is 0 Å². The quantitative estimate of drug-likeness (QED) is 0.758. The lowest BCUT2D eigenvalue weighted by molar-refractivity contribution is -0.109. The van der Waals surface area contributed by atoms with Gasteiger partial charge in [-0.25, -0.2) is 0 Å². The van der Waals surface area contributed by atoms with Gasteiger partial charge < -0.3 is 0 Å². The third-order valence-corrected chi connectivity index (χ3v) is 3.10. The maximum absolute atomic E-state index is 10.9. The van der Waals surface area contributed by atoms with E-state index in [0.29, 0.717) is 0 Å². The molecule has 1 aromatic carbocycles. The summed E-state index contributed by atoms with van der Waals surface area (Å²) >= 11 is 1.38. The molecule has 0 radical (unpaired) electrons. The van der Waals surface area contributed by atoms with Gasteiger partial charge in [-0.1, -0.05) is 43.3 Å². The summed E-state index contributed by atoms with van der Waals surface area (Å²) in [4.78, 5) is 10.9. The highest BCUT2D eigenvalue weighted by atomic mass is 32.2. The Labute approximate surface area is 104 Å². The molecule has 0 aliphatic carbocycles. The van der Waals surface area contributed by atoms with Gasteiger partial charge in [0.25, 0.3) is 0 Å². The lowest BCUT2D eigenvalue weighted by Crippen LogP contribution is -1.94. The minimum Gasteiger partial charge on any atom is -0.288 e. The van der Waals surface area contributed by atoms with Crippen molar-refractivity contribution >= 4 is 16.9 Å². The number of thioether (sulfide) groups is 1. The van der Waals surface area contributed by atoms with Crippen molar-refractivity contribution in [1.29, 1.82) is 0 Å². The molecule has 0 aromatic heterocycles. The Bertz CT molecular complexity index is 333. The summed E-state index contributed by atoms with van der Waals surface area (Å²) in [5, 5.41) is 0.185. The molecule has 1 nitrogen and oxygen atoms in total. The molecule has 0 spiro atoms. The van der Waals surface area contributed by atoms with Crippen LogP contribution in [0.2, 0.25) is 0 Å². The van der Waals surface area contributed by atoms with E-state index in [2.05, 4.69) is 32.9 Å². The molecule has 0 heterocycles. The minimum atomic E-state index is 0.185. The summed E-state index contributed by atoms with van der Waals surface area (Å²) in [6.45, 7) is 11.9. The van der Waals surface area contributed by atoms with E-state index in [0.717, 1.165) is 5.75 Å². The third-order valence-electron chi connectivity index (χ3n) is 2.26. The molecule has 0 bridgehead atoms. The van der Waals surface area contributed by atoms with Crippen LogP contribution in [0.25, 0.3) is 0 Å². The first-order valence-electron chi connectivity index (χ1n) is 5.71. The lowest BCUT2D eigenvalue weighted by Gasteiger charge is -2.09. The van der Waals surface area contributed by atoms with Gasteiger partial charge in [0.05, 0.1) is 0 Å². The summed E-state index contributed by atoms with van der Waals surface area (Å²) in [7, 11) is 0. The Hall–Kier alpha value is -0.760. The van der Waals surface area contributed by atoms with E-state index >= 15 is 0 Å². The van der Waals surface area contributed by atoms with Crippen molar-refractivity contribution in [2.75, 3.05) is 0 Å². The van der Waals surface area contributed by atoms with Crippen LogP contribution in [0.4, 0.5) is 0 Å². The second-order valence-electron chi connectivity index (χ2n) is 3.66. The molecule has 0 N–H and O–H groups in total. The zero-order chi connectivity index (χ0) is 12.7. The van der Waals surface area contributed by atoms with Gasteiger partial charge >= 0.3 is 0 Å². The fraction of sp³-hybridized carbons (Fsp3) is 0.500. The molecule has 1 aromatic rings. The number of benzene rings is 1. The Kier molecular flexibility index (Phi) is 7.15. The van der Waals surface area contributed by atoms with Crippen molar-refractivity contribution in [1.82, 2.24) is 0 Å². The molecular formula is C14H22OS. The Morgan fingerprint density at radius 1 is 1.12 bits per heavy atom. The van der Waals surface area contributed by atoms with Crippen molar-refractivity contribution in [3.05, 3.63) is 34.4 Å². The number of carbonyl (C=O) groups is 1. The normalized spacial score (nSPS) is 9.38. The van der Waals surface area contributed by atoms with Crippen LogP contribution in [0.15, 0.2) is 12.1 Å². The Morgan fingerprint density at radius 2 is 1.56 bits per heavy atom. The van der Waals surface area contributed by atoms with E-state index in [-0.39, 0.29) is 5.12 Å². The molecule has 0 fully saturated rings. The van der Waals surface area contributed by atoms with E-state index in [4.69, 9.17) is 0 Å². The number of rotatable bonds is 2. The first kappa shape index (κ1) is 15.2. The van der Waals surface area contributed by atoms with Gasteiger partial charge in [0.2, 0.25) is 0 Å². The molecule has 90 valence electrons. The van der Waals surface area contributed by atoms with Crippen LogP contribution in [-0.2, 0) is 10.5 Å². The van der Waals surface area contributed by atoms with E-state index < -0.39 is 0 Å². The molecule has 0 unspecified atom stereocenters.